The molecule has 154 valence electrons. The van der Waals surface area contributed by atoms with Crippen LogP contribution in [0.4, 0.5) is 27.8 Å². The number of aryl methyl sites for hydroxylation is 1. The average molecular weight is 413 g/mol. The molecular weight excluding hydrogens is 397 g/mol. The molecule has 2 atom stereocenters. The van der Waals surface area contributed by atoms with Gasteiger partial charge in [0.25, 0.3) is 5.82 Å². The third-order valence-electron chi connectivity index (χ3n) is 5.03. The van der Waals surface area contributed by atoms with Gasteiger partial charge in [0.1, 0.15) is 6.10 Å². The third-order valence-corrected chi connectivity index (χ3v) is 5.03. The van der Waals surface area contributed by atoms with Crippen molar-refractivity contribution in [2.24, 2.45) is 0 Å². The van der Waals surface area contributed by atoms with Crippen molar-refractivity contribution in [1.82, 2.24) is 19.8 Å². The summed E-state index contributed by atoms with van der Waals surface area (Å²) in [5.74, 6) is -2.98. The molecule has 1 aliphatic heterocycles. The van der Waals surface area contributed by atoms with Gasteiger partial charge in [0.2, 0.25) is 0 Å². The number of ether oxygens (including phenoxy) is 1. The van der Waals surface area contributed by atoms with Gasteiger partial charge in [-0.2, -0.15) is 17.7 Å². The normalized spacial score (nSPS) is 19.8. The van der Waals surface area contributed by atoms with Crippen LogP contribution in [0.25, 0.3) is 5.65 Å². The Morgan fingerprint density at radius 2 is 1.86 bits per heavy atom. The van der Waals surface area contributed by atoms with Gasteiger partial charge < -0.3 is 10.1 Å². The lowest BCUT2D eigenvalue weighted by atomic mass is 10.0. The predicted molar refractivity (Wildman–Crippen MR) is 92.3 cm³/mol. The molecule has 0 amide bonds. The molecule has 1 N–H and O–H groups in total. The van der Waals surface area contributed by atoms with Gasteiger partial charge in [0.15, 0.2) is 23.1 Å². The highest BCUT2D eigenvalue weighted by Gasteiger charge is 2.38. The van der Waals surface area contributed by atoms with Gasteiger partial charge in [0, 0.05) is 12.2 Å². The van der Waals surface area contributed by atoms with Crippen LogP contribution in [-0.4, -0.2) is 32.5 Å². The van der Waals surface area contributed by atoms with Crippen LogP contribution in [0.2, 0.25) is 0 Å². The fourth-order valence-corrected chi connectivity index (χ4v) is 3.37. The number of benzene rings is 1. The molecule has 11 heteroatoms. The molecule has 0 radical (unpaired) electrons. The van der Waals surface area contributed by atoms with Crippen LogP contribution < -0.4 is 5.32 Å². The minimum atomic E-state index is -4.71. The number of anilines is 1. The number of fused-ring (bicyclic) bond motifs is 1. The van der Waals surface area contributed by atoms with Crippen molar-refractivity contribution in [2.75, 3.05) is 11.9 Å². The van der Waals surface area contributed by atoms with Crippen molar-refractivity contribution in [3.8, 4) is 0 Å². The lowest BCUT2D eigenvalue weighted by Gasteiger charge is -2.22. The van der Waals surface area contributed by atoms with E-state index >= 15 is 0 Å². The second kappa shape index (κ2) is 6.90. The molecule has 6 nitrogen and oxygen atoms in total. The standard InChI is InChI=1S/C18H16F5N5O/c1-8-9(2)16-25-26-17(18(21,22)23)28(16)27-15(8)24-13-5-6-29-14(13)10-3-4-11(19)12(20)7-10/h3-4,7,13-14H,5-6H2,1-2H3,(H,24,27). The van der Waals surface area contributed by atoms with Crippen LogP contribution in [-0.2, 0) is 10.9 Å². The van der Waals surface area contributed by atoms with E-state index in [1.807, 2.05) is 0 Å². The van der Waals surface area contributed by atoms with Gasteiger partial charge in [0.05, 0.1) is 6.04 Å². The van der Waals surface area contributed by atoms with Crippen molar-refractivity contribution in [3.63, 3.8) is 0 Å². The maximum atomic E-state index is 13.6. The summed E-state index contributed by atoms with van der Waals surface area (Å²) in [5, 5.41) is 14.0. The predicted octanol–water partition coefficient (Wildman–Crippen LogP) is 3.98. The molecule has 3 aromatic rings. The largest absolute Gasteiger partial charge is 0.453 e. The van der Waals surface area contributed by atoms with Crippen LogP contribution in [0.5, 0.6) is 0 Å². The second-order valence-electron chi connectivity index (χ2n) is 6.86. The molecule has 0 saturated carbocycles. The van der Waals surface area contributed by atoms with Gasteiger partial charge in [-0.25, -0.2) is 8.78 Å². The van der Waals surface area contributed by atoms with Crippen molar-refractivity contribution in [1.29, 1.82) is 0 Å². The highest BCUT2D eigenvalue weighted by molar-refractivity contribution is 5.58. The van der Waals surface area contributed by atoms with Gasteiger partial charge >= 0.3 is 6.18 Å². The van der Waals surface area contributed by atoms with E-state index in [-0.39, 0.29) is 11.5 Å². The van der Waals surface area contributed by atoms with E-state index < -0.39 is 35.8 Å². The zero-order chi connectivity index (χ0) is 20.9. The smallest absolute Gasteiger partial charge is 0.371 e. The molecular formula is C18H16F5N5O. The van der Waals surface area contributed by atoms with Crippen LogP contribution in [0, 0.1) is 25.5 Å². The van der Waals surface area contributed by atoms with Gasteiger partial charge in [-0.3, -0.25) is 0 Å². The minimum absolute atomic E-state index is 0.0141. The van der Waals surface area contributed by atoms with E-state index in [4.69, 9.17) is 4.74 Å². The summed E-state index contributed by atoms with van der Waals surface area (Å²) in [6.45, 7) is 3.68. The molecule has 3 heterocycles. The lowest BCUT2D eigenvalue weighted by molar-refractivity contribution is -0.146. The van der Waals surface area contributed by atoms with E-state index in [1.165, 1.54) is 6.07 Å². The number of rotatable bonds is 3. The Bertz CT molecular complexity index is 1080. The van der Waals surface area contributed by atoms with E-state index in [2.05, 4.69) is 20.6 Å². The topological polar surface area (TPSA) is 64.3 Å². The first-order valence-electron chi connectivity index (χ1n) is 8.79. The summed E-state index contributed by atoms with van der Waals surface area (Å²) in [4.78, 5) is 0. The number of alkyl halides is 3. The molecule has 4 rings (SSSR count). The summed E-state index contributed by atoms with van der Waals surface area (Å²) in [6, 6.07) is 3.08. The zero-order valence-electron chi connectivity index (χ0n) is 15.4. The average Bonchev–Trinajstić information content (AvgIpc) is 3.28. The fraction of sp³-hybridized carbons (Fsp3) is 0.389. The Hall–Kier alpha value is -2.82. The number of nitrogens with zero attached hydrogens (tertiary/aromatic N) is 4. The van der Waals surface area contributed by atoms with Crippen LogP contribution in [0.3, 0.4) is 0 Å². The molecule has 29 heavy (non-hydrogen) atoms. The Kier molecular flexibility index (Phi) is 4.64. The molecule has 0 spiro atoms. The monoisotopic (exact) mass is 413 g/mol. The number of hydrogen-bond donors (Lipinski definition) is 1. The minimum Gasteiger partial charge on any atom is -0.371 e. The highest BCUT2D eigenvalue weighted by Crippen LogP contribution is 2.34. The number of halogens is 5. The maximum Gasteiger partial charge on any atom is 0.453 e. The van der Waals surface area contributed by atoms with E-state index in [0.29, 0.717) is 34.2 Å². The second-order valence-corrected chi connectivity index (χ2v) is 6.86. The molecule has 0 aliphatic carbocycles. The first kappa shape index (κ1) is 19.5. The first-order valence-corrected chi connectivity index (χ1v) is 8.79. The van der Waals surface area contributed by atoms with Crippen LogP contribution in [0.15, 0.2) is 18.2 Å². The van der Waals surface area contributed by atoms with Crippen LogP contribution in [0.1, 0.15) is 35.0 Å². The molecule has 2 aromatic heterocycles. The molecule has 1 aromatic carbocycles. The van der Waals surface area contributed by atoms with Crippen molar-refractivity contribution in [2.45, 2.75) is 38.6 Å². The SMILES string of the molecule is Cc1c(NC2CCOC2c2ccc(F)c(F)c2)nn2c(C(F)(F)F)nnc2c1C. The Balaban J connectivity index is 1.71. The Labute approximate surface area is 161 Å². The summed E-state index contributed by atoms with van der Waals surface area (Å²) in [5.41, 5.74) is 1.54. The van der Waals surface area contributed by atoms with Gasteiger partial charge in [-0.15, -0.1) is 15.3 Å². The van der Waals surface area contributed by atoms with Gasteiger partial charge in [-0.05, 0) is 43.5 Å². The van der Waals surface area contributed by atoms with Crippen LogP contribution >= 0.6 is 0 Å². The molecule has 1 fully saturated rings. The van der Waals surface area contributed by atoms with E-state index in [9.17, 15) is 22.0 Å². The summed E-state index contributed by atoms with van der Waals surface area (Å²) < 4.78 is 72.8. The summed E-state index contributed by atoms with van der Waals surface area (Å²) in [6.07, 6.45) is -4.81. The molecule has 1 aliphatic rings. The number of hydrogen-bond acceptors (Lipinski definition) is 5. The van der Waals surface area contributed by atoms with Gasteiger partial charge in [-0.1, -0.05) is 6.07 Å². The van der Waals surface area contributed by atoms with Crippen molar-refractivity contribution < 1.29 is 26.7 Å². The lowest BCUT2D eigenvalue weighted by Crippen LogP contribution is -2.25. The molecule has 0 bridgehead atoms. The Morgan fingerprint density at radius 1 is 1.10 bits per heavy atom. The summed E-state index contributed by atoms with van der Waals surface area (Å²) in [7, 11) is 0. The quantitative estimate of drug-likeness (QED) is 0.658. The highest BCUT2D eigenvalue weighted by atomic mass is 19.4. The van der Waals surface area contributed by atoms with E-state index in [1.54, 1.807) is 13.8 Å². The number of aromatic nitrogens is 4. The van der Waals surface area contributed by atoms with Crippen molar-refractivity contribution in [3.05, 3.63) is 52.3 Å². The fourth-order valence-electron chi connectivity index (χ4n) is 3.37. The summed E-state index contributed by atoms with van der Waals surface area (Å²) >= 11 is 0. The molecule has 1 saturated heterocycles. The van der Waals surface area contributed by atoms with Crippen molar-refractivity contribution >= 4 is 11.5 Å². The zero-order valence-corrected chi connectivity index (χ0v) is 15.4. The first-order chi connectivity index (χ1) is 13.7. The maximum absolute atomic E-state index is 13.6. The third kappa shape index (κ3) is 3.39. The molecule has 2 unspecified atom stereocenters. The number of nitrogens with one attached hydrogen (secondary N) is 1. The van der Waals surface area contributed by atoms with E-state index in [0.717, 1.165) is 12.1 Å². The Morgan fingerprint density at radius 3 is 2.55 bits per heavy atom.